The molecule has 0 amide bonds. The van der Waals surface area contributed by atoms with E-state index in [1.807, 2.05) is 24.3 Å². The number of halogens is 1. The number of benzene rings is 2. The summed E-state index contributed by atoms with van der Waals surface area (Å²) in [6, 6.07) is 14.9. The van der Waals surface area contributed by atoms with Gasteiger partial charge in [0.25, 0.3) is 0 Å². The molecule has 3 aliphatic rings. The molecular weight excluding hydrogens is 436 g/mol. The lowest BCUT2D eigenvalue weighted by Gasteiger charge is -2.51. The van der Waals surface area contributed by atoms with Gasteiger partial charge in [-0.05, 0) is 79.8 Å². The van der Waals surface area contributed by atoms with Crippen molar-refractivity contribution in [2.24, 2.45) is 11.8 Å². The second-order valence-electron chi connectivity index (χ2n) is 9.13. The van der Waals surface area contributed by atoms with Crippen molar-refractivity contribution in [1.29, 1.82) is 0 Å². The van der Waals surface area contributed by atoms with Gasteiger partial charge in [0, 0.05) is 28.7 Å². The third-order valence-electron chi connectivity index (χ3n) is 7.41. The summed E-state index contributed by atoms with van der Waals surface area (Å²) >= 11 is 6.03. The number of aromatic nitrogens is 1. The first-order chi connectivity index (χ1) is 16.1. The van der Waals surface area contributed by atoms with Crippen LogP contribution < -0.4 is 4.74 Å². The fourth-order valence-electron chi connectivity index (χ4n) is 5.60. The number of carbonyl (C=O) groups excluding carboxylic acids is 1. The lowest BCUT2D eigenvalue weighted by molar-refractivity contribution is -0.0659. The molecule has 5 atom stereocenters. The highest BCUT2D eigenvalue weighted by atomic mass is 35.5. The first-order valence-corrected chi connectivity index (χ1v) is 12.1. The Morgan fingerprint density at radius 3 is 2.73 bits per heavy atom. The summed E-state index contributed by atoms with van der Waals surface area (Å²) < 4.78 is 11.8. The summed E-state index contributed by atoms with van der Waals surface area (Å²) in [5.41, 5.74) is 2.35. The van der Waals surface area contributed by atoms with Gasteiger partial charge in [-0.2, -0.15) is 0 Å². The minimum atomic E-state index is -0.397. The lowest BCUT2D eigenvalue weighted by Crippen LogP contribution is -2.55. The molecule has 3 unspecified atom stereocenters. The van der Waals surface area contributed by atoms with Crippen LogP contribution in [0.4, 0.5) is 0 Å². The van der Waals surface area contributed by atoms with E-state index in [2.05, 4.69) is 16.8 Å². The van der Waals surface area contributed by atoms with Gasteiger partial charge in [-0.1, -0.05) is 24.9 Å². The lowest BCUT2D eigenvalue weighted by atomic mass is 9.72. The highest BCUT2D eigenvalue weighted by Gasteiger charge is 2.44. The first-order valence-electron chi connectivity index (χ1n) is 11.7. The Morgan fingerprint density at radius 2 is 2.03 bits per heavy atom. The van der Waals surface area contributed by atoms with E-state index in [0.717, 1.165) is 47.6 Å². The monoisotopic (exact) mass is 464 g/mol. The van der Waals surface area contributed by atoms with Crippen molar-refractivity contribution in [2.45, 2.75) is 38.3 Å². The topological polar surface area (TPSA) is 51.7 Å². The maximum Gasteiger partial charge on any atom is 0.338 e. The normalized spacial score (nSPS) is 25.1. The SMILES string of the molecule is CC[C@@H]1CN2CCC1CC2[C@@H](OC(=O)c1ccc(Cl)cc1)c1ccnc2ccc(OC)cc12. The Hall–Kier alpha value is -2.63. The van der Waals surface area contributed by atoms with Crippen molar-refractivity contribution in [3.05, 3.63) is 70.9 Å². The van der Waals surface area contributed by atoms with Crippen LogP contribution in [0.25, 0.3) is 10.9 Å². The molecule has 3 aliphatic heterocycles. The summed E-state index contributed by atoms with van der Waals surface area (Å²) in [4.78, 5) is 20.3. The maximum absolute atomic E-state index is 13.2. The van der Waals surface area contributed by atoms with Gasteiger partial charge >= 0.3 is 5.97 Å². The van der Waals surface area contributed by atoms with Crippen LogP contribution in [-0.4, -0.2) is 42.1 Å². The van der Waals surface area contributed by atoms with E-state index in [4.69, 9.17) is 21.1 Å². The molecule has 0 saturated carbocycles. The Bertz CT molecular complexity index is 1150. The quantitative estimate of drug-likeness (QED) is 0.424. The molecule has 5 nitrogen and oxygen atoms in total. The van der Waals surface area contributed by atoms with Gasteiger partial charge in [0.15, 0.2) is 0 Å². The number of ether oxygens (including phenoxy) is 2. The third kappa shape index (κ3) is 4.32. The van der Waals surface area contributed by atoms with E-state index in [9.17, 15) is 4.79 Å². The van der Waals surface area contributed by atoms with Gasteiger partial charge in [0.05, 0.1) is 24.2 Å². The summed E-state index contributed by atoms with van der Waals surface area (Å²) in [6.07, 6.45) is 4.85. The molecule has 2 aromatic carbocycles. The highest BCUT2D eigenvalue weighted by Crippen LogP contribution is 2.44. The summed E-state index contributed by atoms with van der Waals surface area (Å²) in [5, 5.41) is 1.55. The smallest absolute Gasteiger partial charge is 0.338 e. The minimum Gasteiger partial charge on any atom is -0.497 e. The molecule has 3 fully saturated rings. The van der Waals surface area contributed by atoms with Gasteiger partial charge in [-0.25, -0.2) is 4.79 Å². The highest BCUT2D eigenvalue weighted by molar-refractivity contribution is 6.30. The van der Waals surface area contributed by atoms with Crippen LogP contribution in [0, 0.1) is 11.8 Å². The summed E-state index contributed by atoms with van der Waals surface area (Å²) in [7, 11) is 1.66. The summed E-state index contributed by atoms with van der Waals surface area (Å²) in [6.45, 7) is 4.39. The zero-order valence-corrected chi connectivity index (χ0v) is 19.8. The molecule has 6 rings (SSSR count). The van der Waals surface area contributed by atoms with Crippen molar-refractivity contribution in [2.75, 3.05) is 20.2 Å². The van der Waals surface area contributed by atoms with E-state index in [1.165, 1.54) is 12.8 Å². The Labute approximate surface area is 199 Å². The molecule has 2 bridgehead atoms. The van der Waals surface area contributed by atoms with Crippen molar-refractivity contribution in [1.82, 2.24) is 9.88 Å². The largest absolute Gasteiger partial charge is 0.497 e. The van der Waals surface area contributed by atoms with E-state index in [1.54, 1.807) is 37.6 Å². The van der Waals surface area contributed by atoms with Gasteiger partial charge in [0.1, 0.15) is 11.9 Å². The van der Waals surface area contributed by atoms with E-state index in [0.29, 0.717) is 16.5 Å². The van der Waals surface area contributed by atoms with Gasteiger partial charge in [-0.3, -0.25) is 9.88 Å². The average molecular weight is 465 g/mol. The molecule has 0 radical (unpaired) electrons. The van der Waals surface area contributed by atoms with Gasteiger partial charge in [-0.15, -0.1) is 0 Å². The second-order valence-corrected chi connectivity index (χ2v) is 9.57. The number of hydrogen-bond acceptors (Lipinski definition) is 5. The number of piperidine rings is 3. The predicted octanol–water partition coefficient (Wildman–Crippen LogP) is 5.92. The van der Waals surface area contributed by atoms with E-state index in [-0.39, 0.29) is 12.0 Å². The van der Waals surface area contributed by atoms with Crippen molar-refractivity contribution >= 4 is 28.5 Å². The molecule has 3 aromatic rings. The molecule has 3 saturated heterocycles. The fraction of sp³-hybridized carbons (Fsp3) is 0.407. The zero-order valence-electron chi connectivity index (χ0n) is 19.0. The van der Waals surface area contributed by atoms with Gasteiger partial charge in [0.2, 0.25) is 0 Å². The molecule has 0 spiro atoms. The molecule has 0 aliphatic carbocycles. The third-order valence-corrected chi connectivity index (χ3v) is 7.66. The Balaban J connectivity index is 1.55. The fourth-order valence-corrected chi connectivity index (χ4v) is 5.72. The number of carbonyl (C=O) groups is 1. The average Bonchev–Trinajstić information content (AvgIpc) is 2.87. The molecule has 33 heavy (non-hydrogen) atoms. The van der Waals surface area contributed by atoms with Crippen LogP contribution in [0.3, 0.4) is 0 Å². The van der Waals surface area contributed by atoms with Crippen LogP contribution in [0.5, 0.6) is 5.75 Å². The summed E-state index contributed by atoms with van der Waals surface area (Å²) in [5.74, 6) is 1.82. The van der Waals surface area contributed by atoms with Crippen LogP contribution in [0.15, 0.2) is 54.7 Å². The number of pyridine rings is 1. The van der Waals surface area contributed by atoms with E-state index < -0.39 is 6.10 Å². The number of esters is 1. The zero-order chi connectivity index (χ0) is 22.9. The number of hydrogen-bond donors (Lipinski definition) is 0. The molecule has 6 heteroatoms. The van der Waals surface area contributed by atoms with Crippen molar-refractivity contribution in [3.63, 3.8) is 0 Å². The van der Waals surface area contributed by atoms with Gasteiger partial charge < -0.3 is 9.47 Å². The number of nitrogens with zero attached hydrogens (tertiary/aromatic N) is 2. The Kier molecular flexibility index (Phi) is 6.26. The van der Waals surface area contributed by atoms with Crippen LogP contribution in [-0.2, 0) is 4.74 Å². The van der Waals surface area contributed by atoms with Crippen LogP contribution in [0.2, 0.25) is 5.02 Å². The standard InChI is InChI=1S/C27H29ClN2O3/c1-3-17-16-30-13-11-19(17)14-25(30)26(33-27(31)18-4-6-20(28)7-5-18)22-10-12-29-24-9-8-21(32-2)15-23(22)24/h4-10,12,15,17,19,25-26H,3,11,13-14,16H2,1-2H3/t17-,19?,25?,26+/m1/s1. The van der Waals surface area contributed by atoms with Crippen molar-refractivity contribution in [3.8, 4) is 5.75 Å². The molecule has 172 valence electrons. The van der Waals surface area contributed by atoms with E-state index >= 15 is 0 Å². The number of methoxy groups -OCH3 is 1. The Morgan fingerprint density at radius 1 is 1.21 bits per heavy atom. The molecule has 4 heterocycles. The second kappa shape index (κ2) is 9.32. The molecule has 1 aromatic heterocycles. The minimum absolute atomic E-state index is 0.139. The molecular formula is C27H29ClN2O3. The number of rotatable bonds is 6. The van der Waals surface area contributed by atoms with Crippen molar-refractivity contribution < 1.29 is 14.3 Å². The number of fused-ring (bicyclic) bond motifs is 4. The predicted molar refractivity (Wildman–Crippen MR) is 130 cm³/mol. The maximum atomic E-state index is 13.2. The van der Waals surface area contributed by atoms with Crippen LogP contribution >= 0.6 is 11.6 Å². The van der Waals surface area contributed by atoms with Crippen LogP contribution in [0.1, 0.15) is 48.2 Å². The molecule has 0 N–H and O–H groups in total. The first kappa shape index (κ1) is 22.2.